The molecule has 4 nitrogen and oxygen atoms in total. The molecule has 2 amide bonds. The lowest BCUT2D eigenvalue weighted by Crippen LogP contribution is -2.47. The first kappa shape index (κ1) is 16.6. The maximum Gasteiger partial charge on any atom is 0.230 e. The SMILES string of the molecule is O=C(NCC1CC1)C1CCCN(C(=O)C2CCCc3ccccc32)C1. The van der Waals surface area contributed by atoms with Crippen LogP contribution in [-0.4, -0.2) is 36.3 Å². The molecule has 4 heteroatoms. The predicted octanol–water partition coefficient (Wildman–Crippen LogP) is 2.87. The lowest BCUT2D eigenvalue weighted by Gasteiger charge is -2.36. The number of piperidine rings is 1. The van der Waals surface area contributed by atoms with Gasteiger partial charge in [0.1, 0.15) is 0 Å². The topological polar surface area (TPSA) is 49.4 Å². The van der Waals surface area contributed by atoms with Crippen molar-refractivity contribution in [2.45, 2.75) is 50.9 Å². The third kappa shape index (κ3) is 3.73. The number of amides is 2. The number of hydrogen-bond acceptors (Lipinski definition) is 2. The maximum atomic E-state index is 13.2. The molecule has 0 spiro atoms. The number of nitrogens with one attached hydrogen (secondary N) is 1. The number of aryl methyl sites for hydroxylation is 1. The van der Waals surface area contributed by atoms with E-state index in [1.54, 1.807) is 0 Å². The first-order valence-electron chi connectivity index (χ1n) is 9.86. The highest BCUT2D eigenvalue weighted by atomic mass is 16.2. The number of hydrogen-bond donors (Lipinski definition) is 1. The molecule has 4 rings (SSSR count). The maximum absolute atomic E-state index is 13.2. The second-order valence-corrected chi connectivity index (χ2v) is 7.96. The molecule has 0 bridgehead atoms. The molecule has 1 aliphatic heterocycles. The molecule has 2 atom stereocenters. The summed E-state index contributed by atoms with van der Waals surface area (Å²) in [5.41, 5.74) is 2.53. The minimum Gasteiger partial charge on any atom is -0.356 e. The van der Waals surface area contributed by atoms with Crippen molar-refractivity contribution in [1.82, 2.24) is 10.2 Å². The molecule has 1 saturated heterocycles. The van der Waals surface area contributed by atoms with Gasteiger partial charge in [-0.3, -0.25) is 9.59 Å². The Bertz CT molecular complexity index is 653. The zero-order valence-electron chi connectivity index (χ0n) is 14.9. The lowest BCUT2D eigenvalue weighted by atomic mass is 9.81. The molecule has 2 unspecified atom stereocenters. The largest absolute Gasteiger partial charge is 0.356 e. The Kier molecular flexibility index (Phi) is 4.78. The fourth-order valence-electron chi connectivity index (χ4n) is 4.33. The molecular weight excluding hydrogens is 312 g/mol. The Labute approximate surface area is 150 Å². The van der Waals surface area contributed by atoms with Gasteiger partial charge in [-0.1, -0.05) is 24.3 Å². The molecule has 1 heterocycles. The second-order valence-electron chi connectivity index (χ2n) is 7.96. The van der Waals surface area contributed by atoms with Crippen molar-refractivity contribution in [3.8, 4) is 0 Å². The molecule has 1 aromatic carbocycles. The molecule has 2 aliphatic carbocycles. The predicted molar refractivity (Wildman–Crippen MR) is 97.2 cm³/mol. The summed E-state index contributed by atoms with van der Waals surface area (Å²) in [6, 6.07) is 8.36. The van der Waals surface area contributed by atoms with Gasteiger partial charge in [-0.2, -0.15) is 0 Å². The van der Waals surface area contributed by atoms with E-state index in [0.29, 0.717) is 12.5 Å². The highest BCUT2D eigenvalue weighted by molar-refractivity contribution is 5.86. The van der Waals surface area contributed by atoms with E-state index in [9.17, 15) is 9.59 Å². The Hall–Kier alpha value is -1.84. The number of benzene rings is 1. The van der Waals surface area contributed by atoms with Crippen LogP contribution < -0.4 is 5.32 Å². The van der Waals surface area contributed by atoms with Gasteiger partial charge >= 0.3 is 0 Å². The van der Waals surface area contributed by atoms with E-state index < -0.39 is 0 Å². The average molecular weight is 340 g/mol. The van der Waals surface area contributed by atoms with Crippen molar-refractivity contribution in [1.29, 1.82) is 0 Å². The van der Waals surface area contributed by atoms with Crippen molar-refractivity contribution in [2.75, 3.05) is 19.6 Å². The smallest absolute Gasteiger partial charge is 0.230 e. The minimum atomic E-state index is -0.0321. The van der Waals surface area contributed by atoms with Crippen LogP contribution in [0.5, 0.6) is 0 Å². The molecule has 134 valence electrons. The van der Waals surface area contributed by atoms with Gasteiger partial charge in [-0.05, 0) is 62.0 Å². The first-order chi connectivity index (χ1) is 12.2. The fraction of sp³-hybridized carbons (Fsp3) is 0.619. The summed E-state index contributed by atoms with van der Waals surface area (Å²) < 4.78 is 0. The van der Waals surface area contributed by atoms with Gasteiger partial charge in [0.15, 0.2) is 0 Å². The van der Waals surface area contributed by atoms with E-state index in [-0.39, 0.29) is 23.7 Å². The average Bonchev–Trinajstić information content (AvgIpc) is 3.49. The molecule has 0 aromatic heterocycles. The van der Waals surface area contributed by atoms with E-state index in [2.05, 4.69) is 23.5 Å². The number of likely N-dealkylation sites (tertiary alicyclic amines) is 1. The third-order valence-corrected chi connectivity index (χ3v) is 6.03. The van der Waals surface area contributed by atoms with Gasteiger partial charge in [-0.15, -0.1) is 0 Å². The van der Waals surface area contributed by atoms with Crippen LogP contribution in [0.4, 0.5) is 0 Å². The number of nitrogens with zero attached hydrogens (tertiary/aromatic N) is 1. The number of rotatable bonds is 4. The van der Waals surface area contributed by atoms with Crippen LogP contribution in [0.25, 0.3) is 0 Å². The molecule has 0 radical (unpaired) electrons. The molecular formula is C21H28N2O2. The van der Waals surface area contributed by atoms with Gasteiger partial charge in [0.25, 0.3) is 0 Å². The fourth-order valence-corrected chi connectivity index (χ4v) is 4.33. The van der Waals surface area contributed by atoms with E-state index in [1.807, 2.05) is 11.0 Å². The quantitative estimate of drug-likeness (QED) is 0.916. The summed E-state index contributed by atoms with van der Waals surface area (Å²) in [7, 11) is 0. The molecule has 1 saturated carbocycles. The highest BCUT2D eigenvalue weighted by Gasteiger charge is 2.34. The number of carbonyl (C=O) groups is 2. The molecule has 25 heavy (non-hydrogen) atoms. The Morgan fingerprint density at radius 1 is 1.08 bits per heavy atom. The van der Waals surface area contributed by atoms with Crippen LogP contribution in [-0.2, 0) is 16.0 Å². The van der Waals surface area contributed by atoms with Crippen LogP contribution >= 0.6 is 0 Å². The van der Waals surface area contributed by atoms with Crippen molar-refractivity contribution in [2.24, 2.45) is 11.8 Å². The van der Waals surface area contributed by atoms with Gasteiger partial charge in [0, 0.05) is 19.6 Å². The van der Waals surface area contributed by atoms with E-state index >= 15 is 0 Å². The van der Waals surface area contributed by atoms with Gasteiger partial charge in [-0.25, -0.2) is 0 Å². The molecule has 1 N–H and O–H groups in total. The summed E-state index contributed by atoms with van der Waals surface area (Å²) in [5.74, 6) is 1.03. The summed E-state index contributed by atoms with van der Waals surface area (Å²) in [6.45, 7) is 2.21. The summed E-state index contributed by atoms with van der Waals surface area (Å²) in [4.78, 5) is 27.5. The number of carbonyl (C=O) groups excluding carboxylic acids is 2. The summed E-state index contributed by atoms with van der Waals surface area (Å²) >= 11 is 0. The third-order valence-electron chi connectivity index (χ3n) is 6.03. The van der Waals surface area contributed by atoms with E-state index in [4.69, 9.17) is 0 Å². The summed E-state index contributed by atoms with van der Waals surface area (Å²) in [5, 5.41) is 3.09. The van der Waals surface area contributed by atoms with Gasteiger partial charge < -0.3 is 10.2 Å². The van der Waals surface area contributed by atoms with Crippen LogP contribution in [0.3, 0.4) is 0 Å². The van der Waals surface area contributed by atoms with Crippen LogP contribution in [0.1, 0.15) is 55.6 Å². The van der Waals surface area contributed by atoms with E-state index in [1.165, 1.54) is 24.0 Å². The molecule has 3 aliphatic rings. The first-order valence-corrected chi connectivity index (χ1v) is 9.86. The highest BCUT2D eigenvalue weighted by Crippen LogP contribution is 2.34. The Morgan fingerprint density at radius 2 is 1.92 bits per heavy atom. The van der Waals surface area contributed by atoms with Crippen LogP contribution in [0, 0.1) is 11.8 Å². The van der Waals surface area contributed by atoms with Crippen molar-refractivity contribution in [3.05, 3.63) is 35.4 Å². The van der Waals surface area contributed by atoms with E-state index in [0.717, 1.165) is 45.2 Å². The standard InChI is InChI=1S/C21H28N2O2/c24-20(22-13-15-10-11-15)17-7-4-12-23(14-17)21(25)19-9-3-6-16-5-1-2-8-18(16)19/h1-2,5,8,15,17,19H,3-4,6-7,9-14H2,(H,22,24). The minimum absolute atomic E-state index is 0.0155. The Morgan fingerprint density at radius 3 is 2.76 bits per heavy atom. The zero-order valence-corrected chi connectivity index (χ0v) is 14.9. The van der Waals surface area contributed by atoms with Crippen molar-refractivity contribution in [3.63, 3.8) is 0 Å². The van der Waals surface area contributed by atoms with Gasteiger partial charge in [0.05, 0.1) is 11.8 Å². The number of fused-ring (bicyclic) bond motifs is 1. The Balaban J connectivity index is 1.41. The van der Waals surface area contributed by atoms with Crippen LogP contribution in [0.15, 0.2) is 24.3 Å². The van der Waals surface area contributed by atoms with Gasteiger partial charge in [0.2, 0.25) is 11.8 Å². The molecule has 2 fully saturated rings. The second kappa shape index (κ2) is 7.19. The summed E-state index contributed by atoms with van der Waals surface area (Å²) in [6.07, 6.45) is 7.42. The normalized spacial score (nSPS) is 26.0. The van der Waals surface area contributed by atoms with Crippen LogP contribution in [0.2, 0.25) is 0 Å². The zero-order chi connectivity index (χ0) is 17.2. The lowest BCUT2D eigenvalue weighted by molar-refractivity contribution is -0.137. The van der Waals surface area contributed by atoms with Crippen molar-refractivity contribution >= 4 is 11.8 Å². The van der Waals surface area contributed by atoms with Crippen molar-refractivity contribution < 1.29 is 9.59 Å². The molecule has 1 aromatic rings. The monoisotopic (exact) mass is 340 g/mol.